The molecular weight excluding hydrogens is 224 g/mol. The molecule has 0 spiro atoms. The third-order valence-corrected chi connectivity index (χ3v) is 2.56. The van der Waals surface area contributed by atoms with Crippen molar-refractivity contribution in [1.29, 1.82) is 0 Å². The highest BCUT2D eigenvalue weighted by atomic mass is 15.1. The third-order valence-electron chi connectivity index (χ3n) is 2.56. The average Bonchev–Trinajstić information content (AvgIpc) is 2.46. The maximum Gasteiger partial charge on any atom is 0.0966 e. The molecule has 2 aromatic heterocycles. The molecule has 3 rings (SSSR count). The molecule has 0 unspecified atom stereocenters. The Balaban J connectivity index is 2.03. The quantitative estimate of drug-likeness (QED) is 0.628. The van der Waals surface area contributed by atoms with Crippen LogP contribution in [0.4, 0.5) is 11.4 Å². The van der Waals surface area contributed by atoms with E-state index in [4.69, 9.17) is 0 Å². The van der Waals surface area contributed by atoms with Crippen molar-refractivity contribution in [2.24, 2.45) is 10.2 Å². The smallest absolute Gasteiger partial charge is 0.0966 e. The molecule has 86 valence electrons. The van der Waals surface area contributed by atoms with Gasteiger partial charge in [0.05, 0.1) is 16.9 Å². The number of benzene rings is 1. The van der Waals surface area contributed by atoms with E-state index in [0.717, 1.165) is 22.3 Å². The highest BCUT2D eigenvalue weighted by Crippen LogP contribution is 2.25. The van der Waals surface area contributed by atoms with E-state index >= 15 is 0 Å². The van der Waals surface area contributed by atoms with E-state index in [2.05, 4.69) is 20.2 Å². The van der Waals surface area contributed by atoms with Crippen LogP contribution in [-0.2, 0) is 0 Å². The Morgan fingerprint density at radius 3 is 2.50 bits per heavy atom. The topological polar surface area (TPSA) is 50.5 Å². The molecule has 4 heteroatoms. The number of hydrogen-bond acceptors (Lipinski definition) is 4. The van der Waals surface area contributed by atoms with Crippen LogP contribution in [0.1, 0.15) is 0 Å². The Hall–Kier alpha value is -2.62. The van der Waals surface area contributed by atoms with Gasteiger partial charge < -0.3 is 0 Å². The third kappa shape index (κ3) is 2.08. The molecule has 0 bridgehead atoms. The zero-order valence-corrected chi connectivity index (χ0v) is 9.56. The van der Waals surface area contributed by atoms with E-state index in [1.807, 2.05) is 42.5 Å². The summed E-state index contributed by atoms with van der Waals surface area (Å²) in [5.41, 5.74) is 2.52. The van der Waals surface area contributed by atoms with Gasteiger partial charge in [-0.2, -0.15) is 5.11 Å². The van der Waals surface area contributed by atoms with Gasteiger partial charge in [0.1, 0.15) is 0 Å². The second-order valence-corrected chi connectivity index (χ2v) is 3.75. The van der Waals surface area contributed by atoms with Gasteiger partial charge in [-0.05, 0) is 24.3 Å². The summed E-state index contributed by atoms with van der Waals surface area (Å²) in [5.74, 6) is 0. The van der Waals surface area contributed by atoms with Crippen LogP contribution >= 0.6 is 0 Å². The molecule has 1 aromatic carbocycles. The van der Waals surface area contributed by atoms with Gasteiger partial charge in [-0.15, -0.1) is 5.11 Å². The molecule has 0 aliphatic rings. The number of pyridine rings is 2. The molecule has 0 saturated carbocycles. The first kappa shape index (κ1) is 10.5. The second kappa shape index (κ2) is 4.71. The minimum Gasteiger partial charge on any atom is -0.265 e. The molecule has 0 radical (unpaired) electrons. The SMILES string of the molecule is c1ccc2c(N=Nc3ccncc3)ccnc2c1. The molecule has 0 aliphatic heterocycles. The molecular formula is C14H10N4. The predicted molar refractivity (Wildman–Crippen MR) is 70.2 cm³/mol. The summed E-state index contributed by atoms with van der Waals surface area (Å²) >= 11 is 0. The molecule has 0 amide bonds. The highest BCUT2D eigenvalue weighted by Gasteiger charge is 1.99. The van der Waals surface area contributed by atoms with Crippen molar-refractivity contribution in [3.8, 4) is 0 Å². The Morgan fingerprint density at radius 2 is 1.61 bits per heavy atom. The van der Waals surface area contributed by atoms with Gasteiger partial charge in [-0.1, -0.05) is 18.2 Å². The van der Waals surface area contributed by atoms with Crippen molar-refractivity contribution in [3.05, 3.63) is 61.1 Å². The van der Waals surface area contributed by atoms with Gasteiger partial charge in [-0.3, -0.25) is 9.97 Å². The fourth-order valence-corrected chi connectivity index (χ4v) is 1.69. The average molecular weight is 234 g/mol. The summed E-state index contributed by atoms with van der Waals surface area (Å²) in [4.78, 5) is 8.22. The Morgan fingerprint density at radius 1 is 0.778 bits per heavy atom. The summed E-state index contributed by atoms with van der Waals surface area (Å²) < 4.78 is 0. The van der Waals surface area contributed by atoms with Crippen LogP contribution in [0, 0.1) is 0 Å². The molecule has 0 fully saturated rings. The minimum atomic E-state index is 0.783. The molecule has 0 N–H and O–H groups in total. The minimum absolute atomic E-state index is 0.783. The van der Waals surface area contributed by atoms with E-state index in [0.29, 0.717) is 0 Å². The van der Waals surface area contributed by atoms with Crippen molar-refractivity contribution in [2.45, 2.75) is 0 Å². The number of nitrogens with zero attached hydrogens (tertiary/aromatic N) is 4. The van der Waals surface area contributed by atoms with E-state index in [9.17, 15) is 0 Å². The van der Waals surface area contributed by atoms with E-state index < -0.39 is 0 Å². The molecule has 0 aliphatic carbocycles. The fourth-order valence-electron chi connectivity index (χ4n) is 1.69. The van der Waals surface area contributed by atoms with Gasteiger partial charge in [0.25, 0.3) is 0 Å². The lowest BCUT2D eigenvalue weighted by Crippen LogP contribution is -1.77. The van der Waals surface area contributed by atoms with Crippen LogP contribution in [0.2, 0.25) is 0 Å². The Bertz CT molecular complexity index is 687. The lowest BCUT2D eigenvalue weighted by atomic mass is 10.2. The number of aromatic nitrogens is 2. The van der Waals surface area contributed by atoms with Crippen LogP contribution in [0.25, 0.3) is 10.9 Å². The molecule has 3 aromatic rings. The first-order valence-corrected chi connectivity index (χ1v) is 5.59. The Kier molecular flexibility index (Phi) is 2.75. The predicted octanol–water partition coefficient (Wildman–Crippen LogP) is 4.05. The van der Waals surface area contributed by atoms with Crippen molar-refractivity contribution >= 4 is 22.3 Å². The number of azo groups is 1. The van der Waals surface area contributed by atoms with Gasteiger partial charge in [0.2, 0.25) is 0 Å². The summed E-state index contributed by atoms with van der Waals surface area (Å²) in [5, 5.41) is 9.44. The first-order valence-electron chi connectivity index (χ1n) is 5.59. The van der Waals surface area contributed by atoms with Crippen molar-refractivity contribution in [3.63, 3.8) is 0 Å². The standard InChI is InChI=1S/C14H10N4/c1-2-4-13-12(3-1)14(7-10-16-13)18-17-11-5-8-15-9-6-11/h1-10H. The molecule has 4 nitrogen and oxygen atoms in total. The summed E-state index contributed by atoms with van der Waals surface area (Å²) in [6.45, 7) is 0. The number of para-hydroxylation sites is 1. The second-order valence-electron chi connectivity index (χ2n) is 3.75. The molecule has 2 heterocycles. The van der Waals surface area contributed by atoms with Crippen molar-refractivity contribution in [1.82, 2.24) is 9.97 Å². The Labute approximate surface area is 104 Å². The first-order chi connectivity index (χ1) is 8.93. The number of fused-ring (bicyclic) bond motifs is 1. The summed E-state index contributed by atoms with van der Waals surface area (Å²) in [7, 11) is 0. The summed E-state index contributed by atoms with van der Waals surface area (Å²) in [6.07, 6.45) is 5.13. The van der Waals surface area contributed by atoms with Crippen LogP contribution in [-0.4, -0.2) is 9.97 Å². The highest BCUT2D eigenvalue weighted by molar-refractivity contribution is 5.89. The summed E-state index contributed by atoms with van der Waals surface area (Å²) in [6, 6.07) is 13.4. The maximum absolute atomic E-state index is 4.29. The maximum atomic E-state index is 4.29. The van der Waals surface area contributed by atoms with Gasteiger partial charge in [0.15, 0.2) is 0 Å². The monoisotopic (exact) mass is 234 g/mol. The van der Waals surface area contributed by atoms with Crippen molar-refractivity contribution < 1.29 is 0 Å². The molecule has 0 saturated heterocycles. The van der Waals surface area contributed by atoms with Crippen LogP contribution in [0.15, 0.2) is 71.3 Å². The van der Waals surface area contributed by atoms with E-state index in [1.165, 1.54) is 0 Å². The molecule has 18 heavy (non-hydrogen) atoms. The van der Waals surface area contributed by atoms with Crippen LogP contribution in [0.5, 0.6) is 0 Å². The zero-order chi connectivity index (χ0) is 12.2. The van der Waals surface area contributed by atoms with Crippen LogP contribution in [0.3, 0.4) is 0 Å². The van der Waals surface area contributed by atoms with E-state index in [-0.39, 0.29) is 0 Å². The zero-order valence-electron chi connectivity index (χ0n) is 9.56. The lowest BCUT2D eigenvalue weighted by Gasteiger charge is -1.99. The normalized spacial score (nSPS) is 11.1. The largest absolute Gasteiger partial charge is 0.265 e. The van der Waals surface area contributed by atoms with Crippen molar-refractivity contribution in [2.75, 3.05) is 0 Å². The number of hydrogen-bond donors (Lipinski definition) is 0. The van der Waals surface area contributed by atoms with Gasteiger partial charge in [-0.25, -0.2) is 0 Å². The van der Waals surface area contributed by atoms with Crippen LogP contribution < -0.4 is 0 Å². The van der Waals surface area contributed by atoms with Gasteiger partial charge in [0, 0.05) is 24.0 Å². The molecule has 0 atom stereocenters. The fraction of sp³-hybridized carbons (Fsp3) is 0. The number of rotatable bonds is 2. The van der Waals surface area contributed by atoms with Gasteiger partial charge >= 0.3 is 0 Å². The van der Waals surface area contributed by atoms with E-state index in [1.54, 1.807) is 18.6 Å². The lowest BCUT2D eigenvalue weighted by molar-refractivity contribution is 1.21.